The molecule has 0 spiro atoms. The Hall–Kier alpha value is -3.18. The van der Waals surface area contributed by atoms with Crippen molar-refractivity contribution in [3.8, 4) is 0 Å². The van der Waals surface area contributed by atoms with E-state index in [0.717, 1.165) is 5.56 Å². The van der Waals surface area contributed by atoms with E-state index < -0.39 is 28.1 Å². The van der Waals surface area contributed by atoms with Crippen molar-refractivity contribution in [2.75, 3.05) is 11.4 Å². The molecule has 0 bridgehead atoms. The average molecular weight is 507 g/mol. The Labute approximate surface area is 201 Å². The number of nitrogens with one attached hydrogen (secondary N) is 1. The van der Waals surface area contributed by atoms with E-state index in [2.05, 4.69) is 9.97 Å². The highest BCUT2D eigenvalue weighted by Crippen LogP contribution is 2.36. The Kier molecular flexibility index (Phi) is 7.00. The summed E-state index contributed by atoms with van der Waals surface area (Å²) in [5, 5.41) is 0. The van der Waals surface area contributed by atoms with E-state index in [9.17, 15) is 26.4 Å². The van der Waals surface area contributed by atoms with Gasteiger partial charge in [-0.15, -0.1) is 0 Å². The molecule has 2 heterocycles. The fraction of sp³-hybridized carbons (Fsp3) is 0.333. The molecule has 186 valence electrons. The number of aromatic nitrogens is 2. The maximum atomic E-state index is 13.6. The summed E-state index contributed by atoms with van der Waals surface area (Å²) in [5.41, 5.74) is -3.00. The van der Waals surface area contributed by atoms with Crippen molar-refractivity contribution in [3.05, 3.63) is 93.7 Å². The summed E-state index contributed by atoms with van der Waals surface area (Å²) in [7, 11) is -5.57. The summed E-state index contributed by atoms with van der Waals surface area (Å²) < 4.78 is 66.4. The van der Waals surface area contributed by atoms with Crippen LogP contribution in [0.25, 0.3) is 0 Å². The number of sulfonamides is 1. The van der Waals surface area contributed by atoms with E-state index in [-0.39, 0.29) is 18.6 Å². The summed E-state index contributed by atoms with van der Waals surface area (Å²) in [5.74, 6) is 0.335. The van der Waals surface area contributed by atoms with Gasteiger partial charge in [-0.1, -0.05) is 42.5 Å². The molecule has 4 rings (SSSR count). The molecule has 1 aliphatic rings. The van der Waals surface area contributed by atoms with Gasteiger partial charge in [-0.25, -0.2) is 13.4 Å². The zero-order chi connectivity index (χ0) is 25.2. The number of nitrogens with zero attached hydrogens (tertiary/aromatic N) is 3. The smallest absolute Gasteiger partial charge is 0.359 e. The maximum absolute atomic E-state index is 13.6. The van der Waals surface area contributed by atoms with Gasteiger partial charge in [0.1, 0.15) is 5.82 Å². The minimum Gasteiger partial charge on any atom is -0.359 e. The van der Waals surface area contributed by atoms with E-state index >= 15 is 0 Å². The highest BCUT2D eigenvalue weighted by molar-refractivity contribution is 7.89. The second-order valence-electron chi connectivity index (χ2n) is 8.50. The molecule has 0 aliphatic carbocycles. The molecule has 1 atom stereocenters. The van der Waals surface area contributed by atoms with Gasteiger partial charge in [0.05, 0.1) is 6.54 Å². The molecule has 0 saturated carbocycles. The molecule has 7 nitrogen and oxygen atoms in total. The third kappa shape index (κ3) is 5.40. The quantitative estimate of drug-likeness (QED) is 0.550. The predicted molar refractivity (Wildman–Crippen MR) is 126 cm³/mol. The number of rotatable bonds is 6. The minimum absolute atomic E-state index is 0.103. The van der Waals surface area contributed by atoms with Gasteiger partial charge < -0.3 is 9.88 Å². The van der Waals surface area contributed by atoms with E-state index in [1.807, 2.05) is 35.2 Å². The predicted octanol–water partition coefficient (Wildman–Crippen LogP) is 3.75. The van der Waals surface area contributed by atoms with Crippen molar-refractivity contribution >= 4 is 15.7 Å². The van der Waals surface area contributed by atoms with Crippen LogP contribution < -0.4 is 10.5 Å². The zero-order valence-electron chi connectivity index (χ0n) is 19.0. The van der Waals surface area contributed by atoms with Crippen LogP contribution in [0.4, 0.5) is 18.9 Å². The number of aryl methyl sites for hydroxylation is 2. The third-order valence-corrected chi connectivity index (χ3v) is 7.71. The number of fused-ring (bicyclic) bond motifs is 1. The molecule has 2 aromatic carbocycles. The van der Waals surface area contributed by atoms with Crippen LogP contribution in [0.1, 0.15) is 28.9 Å². The van der Waals surface area contributed by atoms with E-state index in [0.29, 0.717) is 39.8 Å². The number of benzene rings is 2. The van der Waals surface area contributed by atoms with Crippen molar-refractivity contribution < 1.29 is 21.6 Å². The number of anilines is 1. The number of hydrogen-bond donors (Lipinski definition) is 1. The lowest BCUT2D eigenvalue weighted by molar-refractivity contribution is -0.0492. The highest BCUT2D eigenvalue weighted by Gasteiger charge is 2.51. The molecule has 0 saturated heterocycles. The van der Waals surface area contributed by atoms with Crippen LogP contribution in [0.15, 0.2) is 65.6 Å². The summed E-state index contributed by atoms with van der Waals surface area (Å²) in [6, 6.07) is 15.4. The topological polar surface area (TPSA) is 86.4 Å². The van der Waals surface area contributed by atoms with Gasteiger partial charge in [0, 0.05) is 37.1 Å². The van der Waals surface area contributed by atoms with Crippen LogP contribution in [0.3, 0.4) is 0 Å². The first-order chi connectivity index (χ1) is 16.6. The molecule has 1 aromatic heterocycles. The maximum Gasteiger partial charge on any atom is 0.511 e. The van der Waals surface area contributed by atoms with Gasteiger partial charge in [0.15, 0.2) is 0 Å². The van der Waals surface area contributed by atoms with Crippen molar-refractivity contribution in [1.29, 1.82) is 0 Å². The van der Waals surface area contributed by atoms with E-state index in [4.69, 9.17) is 0 Å². The summed E-state index contributed by atoms with van der Waals surface area (Å²) in [6.45, 7) is 1.08. The van der Waals surface area contributed by atoms with Gasteiger partial charge in [0.25, 0.3) is 5.56 Å². The first-order valence-corrected chi connectivity index (χ1v) is 12.5. The molecule has 1 aliphatic heterocycles. The monoisotopic (exact) mass is 506 g/mol. The Morgan fingerprint density at radius 3 is 2.51 bits per heavy atom. The Bertz CT molecular complexity index is 1340. The van der Waals surface area contributed by atoms with Crippen LogP contribution in [0.2, 0.25) is 0 Å². The number of aromatic amines is 1. The van der Waals surface area contributed by atoms with E-state index in [1.165, 1.54) is 12.3 Å². The molecule has 11 heteroatoms. The summed E-state index contributed by atoms with van der Waals surface area (Å²) in [4.78, 5) is 20.6. The molecule has 1 unspecified atom stereocenters. The third-order valence-electron chi connectivity index (χ3n) is 6.17. The molecule has 3 aromatic rings. The van der Waals surface area contributed by atoms with Crippen LogP contribution in [-0.4, -0.2) is 40.8 Å². The first-order valence-electron chi connectivity index (χ1n) is 11.1. The van der Waals surface area contributed by atoms with Gasteiger partial charge in [-0.3, -0.25) is 4.79 Å². The molecular weight excluding hydrogens is 481 g/mol. The zero-order valence-corrected chi connectivity index (χ0v) is 19.8. The Balaban J connectivity index is 1.80. The van der Waals surface area contributed by atoms with Gasteiger partial charge in [-0.05, 0) is 42.5 Å². The van der Waals surface area contributed by atoms with Crippen molar-refractivity contribution in [2.45, 2.75) is 44.4 Å². The SMILES string of the molecule is Cc1cccc2c1CN(S(=O)(=O)C(F)(F)F)CC(CCc1ccccc1)N2Cc1nccc(=O)[nH]1. The van der Waals surface area contributed by atoms with E-state index in [1.54, 1.807) is 25.1 Å². The average Bonchev–Trinajstić information content (AvgIpc) is 2.96. The van der Waals surface area contributed by atoms with Crippen LogP contribution in [0.5, 0.6) is 0 Å². The second-order valence-corrected chi connectivity index (χ2v) is 10.4. The molecular formula is C24H25F3N4O3S. The highest BCUT2D eigenvalue weighted by atomic mass is 32.2. The largest absolute Gasteiger partial charge is 0.511 e. The number of alkyl halides is 3. The van der Waals surface area contributed by atoms with Crippen molar-refractivity contribution in [3.63, 3.8) is 0 Å². The molecule has 35 heavy (non-hydrogen) atoms. The fourth-order valence-corrected chi connectivity index (χ4v) is 5.31. The lowest BCUT2D eigenvalue weighted by Crippen LogP contribution is -2.47. The van der Waals surface area contributed by atoms with Crippen LogP contribution in [0, 0.1) is 6.92 Å². The number of H-pyrrole nitrogens is 1. The van der Waals surface area contributed by atoms with Gasteiger partial charge in [-0.2, -0.15) is 17.5 Å². The van der Waals surface area contributed by atoms with Gasteiger partial charge >= 0.3 is 15.5 Å². The standard InChI is InChI=1S/C24H25F3N4O3S/c1-17-6-5-9-21-20(17)15-30(35(33,34)24(25,26)27)14-19(11-10-18-7-3-2-4-8-18)31(21)16-22-28-13-12-23(32)29-22/h2-9,12-13,19H,10-11,14-16H2,1H3,(H,28,29,32). The van der Waals surface area contributed by atoms with Gasteiger partial charge in [0.2, 0.25) is 0 Å². The van der Waals surface area contributed by atoms with Crippen molar-refractivity contribution in [2.24, 2.45) is 0 Å². The molecule has 0 fully saturated rings. The lowest BCUT2D eigenvalue weighted by atomic mass is 10.0. The molecule has 0 radical (unpaired) electrons. The number of halogens is 3. The normalized spacial score (nSPS) is 17.1. The Morgan fingerprint density at radius 2 is 1.83 bits per heavy atom. The van der Waals surface area contributed by atoms with Crippen LogP contribution in [-0.2, 0) is 29.5 Å². The molecule has 0 amide bonds. The van der Waals surface area contributed by atoms with Crippen molar-refractivity contribution in [1.82, 2.24) is 14.3 Å². The summed E-state index contributed by atoms with van der Waals surface area (Å²) >= 11 is 0. The fourth-order valence-electron chi connectivity index (χ4n) is 4.35. The minimum atomic E-state index is -5.57. The molecule has 1 N–H and O–H groups in total. The number of hydrogen-bond acceptors (Lipinski definition) is 5. The first kappa shape index (κ1) is 24.9. The Morgan fingerprint density at radius 1 is 1.09 bits per heavy atom. The second kappa shape index (κ2) is 9.82. The summed E-state index contributed by atoms with van der Waals surface area (Å²) in [6.07, 6.45) is 2.28. The lowest BCUT2D eigenvalue weighted by Gasteiger charge is -2.34. The van der Waals surface area contributed by atoms with Crippen LogP contribution >= 0.6 is 0 Å².